The van der Waals surface area contributed by atoms with Crippen LogP contribution in [0.15, 0.2) is 61.2 Å². The van der Waals surface area contributed by atoms with E-state index in [1.54, 1.807) is 48.3 Å². The molecule has 3 rings (SSSR count). The number of hydrogen-bond acceptors (Lipinski definition) is 3. The number of aryl methyl sites for hydroxylation is 1. The molecule has 1 N–H and O–H groups in total. The van der Waals surface area contributed by atoms with E-state index in [1.807, 2.05) is 42.9 Å². The van der Waals surface area contributed by atoms with Gasteiger partial charge in [-0.2, -0.15) is 0 Å². The summed E-state index contributed by atoms with van der Waals surface area (Å²) in [4.78, 5) is 29.5. The van der Waals surface area contributed by atoms with Crippen molar-refractivity contribution in [2.24, 2.45) is 13.0 Å². The fourth-order valence-electron chi connectivity index (χ4n) is 2.98. The highest BCUT2D eigenvalue weighted by Crippen LogP contribution is 2.21. The molecule has 26 heavy (non-hydrogen) atoms. The zero-order valence-electron chi connectivity index (χ0n) is 15.1. The minimum absolute atomic E-state index is 0.113. The molecule has 0 saturated carbocycles. The van der Waals surface area contributed by atoms with E-state index in [-0.39, 0.29) is 23.7 Å². The van der Waals surface area contributed by atoms with Crippen molar-refractivity contribution in [1.29, 1.82) is 0 Å². The van der Waals surface area contributed by atoms with Crippen LogP contribution in [0.4, 0.5) is 5.69 Å². The predicted octanol–water partition coefficient (Wildman–Crippen LogP) is 3.29. The molecule has 6 heteroatoms. The summed E-state index contributed by atoms with van der Waals surface area (Å²) in [6.45, 7) is 4.01. The Morgan fingerprint density at radius 2 is 1.81 bits per heavy atom. The topological polar surface area (TPSA) is 68.9 Å². The van der Waals surface area contributed by atoms with E-state index in [1.165, 1.54) is 0 Å². The highest BCUT2D eigenvalue weighted by Gasteiger charge is 2.23. The molecule has 0 unspecified atom stereocenters. The molecule has 0 aliphatic rings. The zero-order valence-corrected chi connectivity index (χ0v) is 15.1. The van der Waals surface area contributed by atoms with Crippen molar-refractivity contribution in [1.82, 2.24) is 14.1 Å². The van der Waals surface area contributed by atoms with Gasteiger partial charge in [0, 0.05) is 43.1 Å². The number of carbonyl (C=O) groups is 2. The normalized spacial score (nSPS) is 12.2. The van der Waals surface area contributed by atoms with Gasteiger partial charge in [-0.25, -0.2) is 4.98 Å². The first-order valence-electron chi connectivity index (χ1n) is 8.53. The van der Waals surface area contributed by atoms with Gasteiger partial charge >= 0.3 is 0 Å². The average Bonchev–Trinajstić information content (AvgIpc) is 3.26. The van der Waals surface area contributed by atoms with Crippen molar-refractivity contribution in [3.63, 3.8) is 0 Å². The van der Waals surface area contributed by atoms with Crippen molar-refractivity contribution >= 4 is 17.4 Å². The summed E-state index contributed by atoms with van der Waals surface area (Å²) in [5, 5.41) is 2.93. The van der Waals surface area contributed by atoms with Crippen LogP contribution in [0.3, 0.4) is 0 Å². The van der Waals surface area contributed by atoms with Crippen LogP contribution in [-0.4, -0.2) is 25.8 Å². The van der Waals surface area contributed by atoms with Gasteiger partial charge in [0.15, 0.2) is 5.82 Å². The van der Waals surface area contributed by atoms with Crippen molar-refractivity contribution < 1.29 is 9.59 Å². The van der Waals surface area contributed by atoms with Crippen LogP contribution < -0.4 is 5.32 Å². The van der Waals surface area contributed by atoms with Gasteiger partial charge in [0.1, 0.15) is 6.04 Å². The smallest absolute Gasteiger partial charge is 0.247 e. The van der Waals surface area contributed by atoms with Crippen molar-refractivity contribution in [3.8, 4) is 0 Å². The molecule has 1 atom stereocenters. The number of benzene rings is 1. The van der Waals surface area contributed by atoms with Gasteiger partial charge in [0.05, 0.1) is 0 Å². The monoisotopic (exact) mass is 350 g/mol. The van der Waals surface area contributed by atoms with E-state index in [0.717, 1.165) is 0 Å². The molecule has 1 amide bonds. The highest BCUT2D eigenvalue weighted by molar-refractivity contribution is 6.07. The third-order valence-electron chi connectivity index (χ3n) is 4.27. The number of amides is 1. The Hall–Kier alpha value is -3.15. The number of hydrogen-bond donors (Lipinski definition) is 1. The summed E-state index contributed by atoms with van der Waals surface area (Å²) in [6, 6.07) is 10.4. The molecule has 134 valence electrons. The Balaban J connectivity index is 1.81. The van der Waals surface area contributed by atoms with Crippen LogP contribution in [-0.2, 0) is 11.8 Å². The zero-order chi connectivity index (χ0) is 18.7. The first-order valence-corrected chi connectivity index (χ1v) is 8.53. The van der Waals surface area contributed by atoms with Gasteiger partial charge < -0.3 is 14.5 Å². The summed E-state index contributed by atoms with van der Waals surface area (Å²) in [5.74, 6) is 0.192. The maximum absolute atomic E-state index is 12.8. The first kappa shape index (κ1) is 17.7. The standard InChI is InChI=1S/C20H22N4O2/c1-14(2)17(24-10-4-5-11-24)20(26)22-16-8-6-7-15(13-16)18(25)19-21-9-12-23(19)3/h4-14,17H,1-3H3,(H,22,26)/t17-/m0/s1. The van der Waals surface area contributed by atoms with Crippen LogP contribution in [0.2, 0.25) is 0 Å². The van der Waals surface area contributed by atoms with Gasteiger partial charge in [-0.1, -0.05) is 26.0 Å². The second-order valence-corrected chi connectivity index (χ2v) is 6.58. The van der Waals surface area contributed by atoms with E-state index in [4.69, 9.17) is 0 Å². The third kappa shape index (κ3) is 3.59. The molecular weight excluding hydrogens is 328 g/mol. The molecule has 0 aliphatic carbocycles. The number of ketones is 1. The SMILES string of the molecule is CC(C)[C@@H](C(=O)Nc1cccc(C(=O)c2nccn2C)c1)n1cccc1. The fraction of sp³-hybridized carbons (Fsp3) is 0.250. The number of imidazole rings is 1. The van der Waals surface area contributed by atoms with Gasteiger partial charge in [-0.05, 0) is 30.2 Å². The summed E-state index contributed by atoms with van der Waals surface area (Å²) in [6.07, 6.45) is 7.07. The number of rotatable bonds is 6. The summed E-state index contributed by atoms with van der Waals surface area (Å²) >= 11 is 0. The van der Waals surface area contributed by atoms with Crippen LogP contribution in [0.5, 0.6) is 0 Å². The lowest BCUT2D eigenvalue weighted by Gasteiger charge is -2.22. The summed E-state index contributed by atoms with van der Waals surface area (Å²) in [7, 11) is 1.77. The lowest BCUT2D eigenvalue weighted by atomic mass is 10.0. The second kappa shape index (κ2) is 7.39. The Morgan fingerprint density at radius 3 is 2.42 bits per heavy atom. The Kier molecular flexibility index (Phi) is 5.02. The minimum Gasteiger partial charge on any atom is -0.342 e. The van der Waals surface area contributed by atoms with Crippen LogP contribution in [0.1, 0.15) is 36.1 Å². The maximum atomic E-state index is 12.8. The third-order valence-corrected chi connectivity index (χ3v) is 4.27. The average molecular weight is 350 g/mol. The number of nitrogens with one attached hydrogen (secondary N) is 1. The number of nitrogens with zero attached hydrogens (tertiary/aromatic N) is 3. The second-order valence-electron chi connectivity index (χ2n) is 6.58. The van der Waals surface area contributed by atoms with Gasteiger partial charge in [-0.15, -0.1) is 0 Å². The van der Waals surface area contributed by atoms with Gasteiger partial charge in [0.2, 0.25) is 11.7 Å². The molecule has 1 aromatic carbocycles. The van der Waals surface area contributed by atoms with Gasteiger partial charge in [-0.3, -0.25) is 9.59 Å². The largest absolute Gasteiger partial charge is 0.342 e. The number of aromatic nitrogens is 3. The van der Waals surface area contributed by atoms with Gasteiger partial charge in [0.25, 0.3) is 0 Å². The Bertz CT molecular complexity index is 910. The van der Waals surface area contributed by atoms with Crippen molar-refractivity contribution in [2.75, 3.05) is 5.32 Å². The quantitative estimate of drug-likeness (QED) is 0.694. The van der Waals surface area contributed by atoms with Crippen molar-refractivity contribution in [2.45, 2.75) is 19.9 Å². The fourth-order valence-corrected chi connectivity index (χ4v) is 2.98. The Labute approximate surface area is 152 Å². The number of carbonyl (C=O) groups excluding carboxylic acids is 2. The van der Waals surface area contributed by atoms with Crippen LogP contribution in [0, 0.1) is 5.92 Å². The molecule has 0 spiro atoms. The first-order chi connectivity index (χ1) is 12.5. The van der Waals surface area contributed by atoms with Crippen LogP contribution in [0.25, 0.3) is 0 Å². The van der Waals surface area contributed by atoms with Crippen molar-refractivity contribution in [3.05, 3.63) is 72.6 Å². The van der Waals surface area contributed by atoms with E-state index in [2.05, 4.69) is 10.3 Å². The summed E-state index contributed by atoms with van der Waals surface area (Å²) < 4.78 is 3.57. The molecule has 2 heterocycles. The molecule has 6 nitrogen and oxygen atoms in total. The number of anilines is 1. The van der Waals surface area contributed by atoms with E-state index >= 15 is 0 Å². The lowest BCUT2D eigenvalue weighted by molar-refractivity contribution is -0.120. The van der Waals surface area contributed by atoms with Crippen LogP contribution >= 0.6 is 0 Å². The lowest BCUT2D eigenvalue weighted by Crippen LogP contribution is -2.29. The van der Waals surface area contributed by atoms with E-state index in [0.29, 0.717) is 17.1 Å². The maximum Gasteiger partial charge on any atom is 0.247 e. The molecule has 0 fully saturated rings. The molecule has 0 saturated heterocycles. The molecule has 3 aromatic rings. The molecule has 2 aromatic heterocycles. The molecular formula is C20H22N4O2. The molecule has 0 aliphatic heterocycles. The molecule has 0 radical (unpaired) electrons. The predicted molar refractivity (Wildman–Crippen MR) is 100 cm³/mol. The summed E-state index contributed by atoms with van der Waals surface area (Å²) in [5.41, 5.74) is 1.08. The van der Waals surface area contributed by atoms with E-state index < -0.39 is 0 Å². The Morgan fingerprint density at radius 1 is 1.08 bits per heavy atom. The van der Waals surface area contributed by atoms with E-state index in [9.17, 15) is 9.59 Å². The molecule has 0 bridgehead atoms. The highest BCUT2D eigenvalue weighted by atomic mass is 16.2. The minimum atomic E-state index is -0.320.